The van der Waals surface area contributed by atoms with Crippen LogP contribution in [0.25, 0.3) is 11.0 Å². The Kier molecular flexibility index (Phi) is 16.8. The van der Waals surface area contributed by atoms with Gasteiger partial charge < -0.3 is 21.3 Å². The maximum absolute atomic E-state index is 13.0. The molecule has 0 fully saturated rings. The van der Waals surface area contributed by atoms with Gasteiger partial charge in [0.15, 0.2) is 11.3 Å². The molecule has 2 atom stereocenters. The molecule has 1 aromatic carbocycles. The van der Waals surface area contributed by atoms with Crippen molar-refractivity contribution in [2.24, 2.45) is 5.73 Å². The number of nitrogens with one attached hydrogen (secondary N) is 1. The summed E-state index contributed by atoms with van der Waals surface area (Å²) in [4.78, 5) is 23.6. The molecular formula is C30H49N5O6. The van der Waals surface area contributed by atoms with Gasteiger partial charge in [0.2, 0.25) is 5.52 Å². The van der Waals surface area contributed by atoms with Crippen LogP contribution in [0.4, 0.5) is 11.4 Å². The Hall–Kier alpha value is -2.89. The van der Waals surface area contributed by atoms with Gasteiger partial charge in [0.1, 0.15) is 0 Å². The molecular weight excluding hydrogens is 526 g/mol. The van der Waals surface area contributed by atoms with Gasteiger partial charge in [-0.1, -0.05) is 77.2 Å². The maximum atomic E-state index is 13.0. The van der Waals surface area contributed by atoms with Gasteiger partial charge in [-0.2, -0.15) is 0 Å². The minimum atomic E-state index is -0.882. The smallest absolute Gasteiger partial charge is 0.300 e. The molecule has 0 aliphatic heterocycles. The second kappa shape index (κ2) is 20.1. The van der Waals surface area contributed by atoms with Crippen LogP contribution >= 0.6 is 0 Å². The quantitative estimate of drug-likeness (QED) is 0.0503. The van der Waals surface area contributed by atoms with E-state index >= 15 is 0 Å². The lowest BCUT2D eigenvalue weighted by Gasteiger charge is -2.15. The largest absolute Gasteiger partial charge is 0.395 e. The van der Waals surface area contributed by atoms with Crippen LogP contribution in [0.1, 0.15) is 110 Å². The van der Waals surface area contributed by atoms with Crippen molar-refractivity contribution in [2.45, 2.75) is 122 Å². The number of benzene rings is 1. The van der Waals surface area contributed by atoms with E-state index in [1.807, 2.05) is 6.08 Å². The fraction of sp³-hybridized carbons (Fsp3) is 0.700. The molecule has 1 aromatic heterocycles. The Bertz CT molecular complexity index is 1070. The zero-order chi connectivity index (χ0) is 29.9. The third-order valence-electron chi connectivity index (χ3n) is 7.46. The average molecular weight is 576 g/mol. The Morgan fingerprint density at radius 3 is 2.27 bits per heavy atom. The molecule has 0 saturated carbocycles. The number of nitro benzene ring substituents is 1. The number of aromatic nitrogens is 2. The molecule has 5 N–H and O–H groups in total. The van der Waals surface area contributed by atoms with Crippen LogP contribution in [0.15, 0.2) is 28.4 Å². The number of nitrogens with two attached hydrogens (primary N) is 1. The summed E-state index contributed by atoms with van der Waals surface area (Å²) >= 11 is 0. The summed E-state index contributed by atoms with van der Waals surface area (Å²) < 4.78 is 4.69. The first-order valence-electron chi connectivity index (χ1n) is 15.3. The fourth-order valence-corrected chi connectivity index (χ4v) is 4.83. The van der Waals surface area contributed by atoms with Gasteiger partial charge in [-0.15, -0.1) is 0 Å². The van der Waals surface area contributed by atoms with Crippen molar-refractivity contribution in [2.75, 3.05) is 18.5 Å². The van der Waals surface area contributed by atoms with E-state index in [0.717, 1.165) is 37.7 Å². The van der Waals surface area contributed by atoms with Crippen LogP contribution in [-0.2, 0) is 4.79 Å². The van der Waals surface area contributed by atoms with E-state index in [-0.39, 0.29) is 30.0 Å². The van der Waals surface area contributed by atoms with Crippen molar-refractivity contribution in [3.63, 3.8) is 0 Å². The van der Waals surface area contributed by atoms with E-state index in [4.69, 9.17) is 10.4 Å². The predicted molar refractivity (Wildman–Crippen MR) is 161 cm³/mol. The lowest BCUT2D eigenvalue weighted by molar-refractivity contribution is -0.383. The van der Waals surface area contributed by atoms with Gasteiger partial charge in [-0.05, 0) is 54.1 Å². The van der Waals surface area contributed by atoms with Gasteiger partial charge >= 0.3 is 5.69 Å². The van der Waals surface area contributed by atoms with E-state index < -0.39 is 17.1 Å². The molecule has 11 nitrogen and oxygen atoms in total. The molecule has 2 unspecified atom stereocenters. The summed E-state index contributed by atoms with van der Waals surface area (Å²) in [6.07, 6.45) is 16.9. The minimum absolute atomic E-state index is 0.101. The van der Waals surface area contributed by atoms with E-state index in [2.05, 4.69) is 22.6 Å². The van der Waals surface area contributed by atoms with Gasteiger partial charge in [0.05, 0.1) is 29.4 Å². The lowest BCUT2D eigenvalue weighted by atomic mass is 9.96. The Morgan fingerprint density at radius 2 is 1.61 bits per heavy atom. The van der Waals surface area contributed by atoms with Crippen LogP contribution in [0.3, 0.4) is 0 Å². The Balaban J connectivity index is 1.74. The number of rotatable bonds is 24. The topological polar surface area (TPSA) is 178 Å². The van der Waals surface area contributed by atoms with Crippen molar-refractivity contribution in [1.29, 1.82) is 0 Å². The summed E-state index contributed by atoms with van der Waals surface area (Å²) in [7, 11) is 0. The highest BCUT2D eigenvalue weighted by molar-refractivity contribution is 5.95. The monoisotopic (exact) mass is 575 g/mol. The Morgan fingerprint density at radius 1 is 1.00 bits per heavy atom. The van der Waals surface area contributed by atoms with Crippen molar-refractivity contribution in [3.8, 4) is 0 Å². The van der Waals surface area contributed by atoms with Crippen LogP contribution in [0.2, 0.25) is 0 Å². The number of anilines is 1. The molecule has 1 heterocycles. The molecule has 230 valence electrons. The van der Waals surface area contributed by atoms with Crippen LogP contribution < -0.4 is 11.1 Å². The highest BCUT2D eigenvalue weighted by atomic mass is 16.6. The number of fused-ring (bicyclic) bond motifs is 1. The van der Waals surface area contributed by atoms with Crippen molar-refractivity contribution in [1.82, 2.24) is 10.3 Å². The fourth-order valence-electron chi connectivity index (χ4n) is 4.83. The molecule has 0 aliphatic carbocycles. The number of hydrogen-bond acceptors (Lipinski definition) is 10. The first kappa shape index (κ1) is 34.3. The predicted octanol–water partition coefficient (Wildman–Crippen LogP) is 5.98. The SMILES string of the molecule is CCCCCCCCCCCCC(=CCC(O)C(N)CO)C(=O)CCCCCNc1ccc([N+](=O)[O-])c2nonc12. The third kappa shape index (κ3) is 12.7. The van der Waals surface area contributed by atoms with E-state index in [1.54, 1.807) is 6.07 Å². The van der Waals surface area contributed by atoms with E-state index in [1.165, 1.54) is 57.4 Å². The summed E-state index contributed by atoms with van der Waals surface area (Å²) in [5, 5.41) is 41.1. The van der Waals surface area contributed by atoms with Gasteiger partial charge in [-0.25, -0.2) is 4.63 Å². The average Bonchev–Trinajstić information content (AvgIpc) is 3.46. The number of aliphatic hydroxyl groups is 2. The highest BCUT2D eigenvalue weighted by Crippen LogP contribution is 2.28. The number of non-ortho nitro benzene ring substituents is 1. The van der Waals surface area contributed by atoms with Gasteiger partial charge in [0.25, 0.3) is 0 Å². The number of ketones is 1. The molecule has 2 rings (SSSR count). The normalized spacial score (nSPS) is 13.4. The highest BCUT2D eigenvalue weighted by Gasteiger charge is 2.19. The summed E-state index contributed by atoms with van der Waals surface area (Å²) in [5.41, 5.74) is 7.37. The molecule has 41 heavy (non-hydrogen) atoms. The number of unbranched alkanes of at least 4 members (excludes halogenated alkanes) is 11. The zero-order valence-electron chi connectivity index (χ0n) is 24.6. The number of aliphatic hydroxyl groups excluding tert-OH is 2. The maximum Gasteiger partial charge on any atom is 0.300 e. The third-order valence-corrected chi connectivity index (χ3v) is 7.46. The molecule has 0 saturated heterocycles. The molecule has 2 aromatic rings. The minimum Gasteiger partial charge on any atom is -0.395 e. The zero-order valence-corrected chi connectivity index (χ0v) is 24.6. The number of nitro groups is 1. The lowest BCUT2D eigenvalue weighted by Crippen LogP contribution is -2.37. The second-order valence-corrected chi connectivity index (χ2v) is 10.8. The number of carbonyl (C=O) groups is 1. The number of carbonyl (C=O) groups excluding carboxylic acids is 1. The first-order valence-corrected chi connectivity index (χ1v) is 15.3. The standard InChI is InChI=1S/C30H49N5O6/c1-2-3-4-5-6-7-8-9-10-12-15-23(17-20-28(38)24(31)22-36)27(37)16-13-11-14-21-32-25-18-19-26(35(39)40)30-29(25)33-41-34-30/h17-19,24,28,32,36,38H,2-16,20-22,31H2,1H3. The molecule has 0 spiro atoms. The molecule has 0 bridgehead atoms. The van der Waals surface area contributed by atoms with Crippen molar-refractivity contribution >= 4 is 28.2 Å². The number of Topliss-reactive ketones (excluding diaryl/α,β-unsaturated/α-hetero) is 1. The van der Waals surface area contributed by atoms with Gasteiger partial charge in [0, 0.05) is 19.0 Å². The summed E-state index contributed by atoms with van der Waals surface area (Å²) in [6.45, 7) is 2.54. The van der Waals surface area contributed by atoms with Crippen LogP contribution in [-0.4, -0.2) is 56.5 Å². The number of allylic oxidation sites excluding steroid dienone is 1. The van der Waals surface area contributed by atoms with Crippen molar-refractivity contribution < 1.29 is 24.6 Å². The van der Waals surface area contributed by atoms with Crippen LogP contribution in [0.5, 0.6) is 0 Å². The number of nitrogens with zero attached hydrogens (tertiary/aromatic N) is 3. The molecule has 11 heteroatoms. The molecule has 0 amide bonds. The van der Waals surface area contributed by atoms with E-state index in [0.29, 0.717) is 30.6 Å². The van der Waals surface area contributed by atoms with Crippen LogP contribution in [0, 0.1) is 10.1 Å². The number of hydrogen-bond donors (Lipinski definition) is 4. The Labute approximate surface area is 243 Å². The van der Waals surface area contributed by atoms with E-state index in [9.17, 15) is 25.1 Å². The molecule has 0 aliphatic rings. The summed E-state index contributed by atoms with van der Waals surface area (Å²) in [6, 6.07) is 2.24. The summed E-state index contributed by atoms with van der Waals surface area (Å²) in [5.74, 6) is 0.101. The molecule has 0 radical (unpaired) electrons. The first-order chi connectivity index (χ1) is 19.9. The second-order valence-electron chi connectivity index (χ2n) is 10.8. The van der Waals surface area contributed by atoms with Crippen molar-refractivity contribution in [3.05, 3.63) is 33.9 Å². The van der Waals surface area contributed by atoms with Gasteiger partial charge in [-0.3, -0.25) is 14.9 Å².